The van der Waals surface area contributed by atoms with Gasteiger partial charge in [0, 0.05) is 11.9 Å². The molecule has 1 aromatic carbocycles. The number of rotatable bonds is 7. The van der Waals surface area contributed by atoms with Gasteiger partial charge < -0.3 is 14.4 Å². The highest BCUT2D eigenvalue weighted by Crippen LogP contribution is 2.22. The van der Waals surface area contributed by atoms with Crippen LogP contribution in [0.4, 0.5) is 0 Å². The summed E-state index contributed by atoms with van der Waals surface area (Å²) in [5, 5.41) is 0. The number of thiophene rings is 1. The highest BCUT2D eigenvalue weighted by Gasteiger charge is 2.11. The Kier molecular flexibility index (Phi) is 6.63. The van der Waals surface area contributed by atoms with Crippen molar-refractivity contribution in [3.8, 4) is 5.75 Å². The minimum absolute atomic E-state index is 0.0496. The quantitative estimate of drug-likeness (QED) is 0.705. The minimum atomic E-state index is -0.297. The van der Waals surface area contributed by atoms with Crippen molar-refractivity contribution in [2.24, 2.45) is 0 Å². The van der Waals surface area contributed by atoms with Crippen molar-refractivity contribution in [1.29, 1.82) is 0 Å². The summed E-state index contributed by atoms with van der Waals surface area (Å²) in [7, 11) is 3.07. The van der Waals surface area contributed by atoms with Gasteiger partial charge in [-0.1, -0.05) is 23.7 Å². The van der Waals surface area contributed by atoms with E-state index in [9.17, 15) is 9.59 Å². The molecule has 0 aliphatic carbocycles. The number of carbonyl (C=O) groups is 2. The number of nitrogens with zero attached hydrogens (tertiary/aromatic N) is 1. The lowest BCUT2D eigenvalue weighted by Gasteiger charge is -2.16. The zero-order chi connectivity index (χ0) is 17.5. The van der Waals surface area contributed by atoms with Crippen LogP contribution in [0.15, 0.2) is 36.4 Å². The van der Waals surface area contributed by atoms with Gasteiger partial charge in [-0.15, -0.1) is 11.3 Å². The number of halogens is 1. The average Bonchev–Trinajstić information content (AvgIpc) is 2.98. The van der Waals surface area contributed by atoms with Crippen LogP contribution >= 0.6 is 22.9 Å². The van der Waals surface area contributed by atoms with Gasteiger partial charge >= 0.3 is 5.97 Å². The Bertz CT molecular complexity index is 699. The Morgan fingerprint density at radius 2 is 1.88 bits per heavy atom. The molecule has 0 spiro atoms. The van der Waals surface area contributed by atoms with Gasteiger partial charge in [-0.25, -0.2) is 0 Å². The van der Waals surface area contributed by atoms with Crippen molar-refractivity contribution >= 4 is 34.8 Å². The molecule has 0 N–H and O–H groups in total. The van der Waals surface area contributed by atoms with Crippen LogP contribution in [-0.2, 0) is 27.3 Å². The molecule has 0 aliphatic heterocycles. The van der Waals surface area contributed by atoms with Gasteiger partial charge in [0.1, 0.15) is 5.75 Å². The summed E-state index contributed by atoms with van der Waals surface area (Å²) in [6.45, 7) is 0.448. The Labute approximate surface area is 149 Å². The largest absolute Gasteiger partial charge is 0.484 e. The van der Waals surface area contributed by atoms with Crippen molar-refractivity contribution in [2.75, 3.05) is 20.8 Å². The Morgan fingerprint density at radius 1 is 1.17 bits per heavy atom. The van der Waals surface area contributed by atoms with Crippen LogP contribution in [-0.4, -0.2) is 37.5 Å². The topological polar surface area (TPSA) is 55.8 Å². The summed E-state index contributed by atoms with van der Waals surface area (Å²) >= 11 is 7.33. The number of hydrogen-bond donors (Lipinski definition) is 0. The van der Waals surface area contributed by atoms with Gasteiger partial charge in [-0.05, 0) is 29.8 Å². The first-order valence-electron chi connectivity index (χ1n) is 7.24. The molecule has 1 aromatic heterocycles. The molecule has 1 amide bonds. The maximum absolute atomic E-state index is 12.1. The second-order valence-electron chi connectivity index (χ2n) is 5.14. The molecule has 0 atom stereocenters. The van der Waals surface area contributed by atoms with Crippen LogP contribution in [0, 0.1) is 0 Å². The first-order valence-corrected chi connectivity index (χ1v) is 8.44. The zero-order valence-corrected chi connectivity index (χ0v) is 15.0. The predicted molar refractivity (Wildman–Crippen MR) is 93.5 cm³/mol. The highest BCUT2D eigenvalue weighted by atomic mass is 35.5. The highest BCUT2D eigenvalue weighted by molar-refractivity contribution is 7.16. The number of ether oxygens (including phenoxy) is 2. The molecule has 24 heavy (non-hydrogen) atoms. The second-order valence-corrected chi connectivity index (χ2v) is 6.94. The second kappa shape index (κ2) is 8.70. The van der Waals surface area contributed by atoms with E-state index in [4.69, 9.17) is 16.3 Å². The molecule has 0 fully saturated rings. The summed E-state index contributed by atoms with van der Waals surface area (Å²) in [5.74, 6) is 0.150. The van der Waals surface area contributed by atoms with Gasteiger partial charge in [-0.3, -0.25) is 9.59 Å². The smallest absolute Gasteiger partial charge is 0.309 e. The predicted octanol–water partition coefficient (Wildman–Crippen LogP) is 3.15. The molecule has 2 aromatic rings. The maximum atomic E-state index is 12.1. The van der Waals surface area contributed by atoms with E-state index in [-0.39, 0.29) is 24.9 Å². The molecule has 2 rings (SSSR count). The molecular weight excluding hydrogens is 350 g/mol. The SMILES string of the molecule is COC(=O)Cc1ccc(OCC(=O)N(C)Cc2ccc(Cl)s2)cc1. The number of esters is 1. The molecule has 1 heterocycles. The van der Waals surface area contributed by atoms with Crippen molar-refractivity contribution < 1.29 is 19.1 Å². The summed E-state index contributed by atoms with van der Waals surface area (Å²) in [5.41, 5.74) is 0.826. The summed E-state index contributed by atoms with van der Waals surface area (Å²) in [4.78, 5) is 25.9. The maximum Gasteiger partial charge on any atom is 0.309 e. The summed E-state index contributed by atoms with van der Waals surface area (Å²) in [6.07, 6.45) is 0.210. The van der Waals surface area contributed by atoms with Crippen molar-refractivity contribution in [2.45, 2.75) is 13.0 Å². The first kappa shape index (κ1) is 18.3. The molecule has 128 valence electrons. The number of hydrogen-bond acceptors (Lipinski definition) is 5. The number of amides is 1. The third-order valence-electron chi connectivity index (χ3n) is 3.31. The molecule has 0 unspecified atom stereocenters. The summed E-state index contributed by atoms with van der Waals surface area (Å²) in [6, 6.07) is 10.7. The fourth-order valence-electron chi connectivity index (χ4n) is 1.96. The van der Waals surface area contributed by atoms with Crippen LogP contribution in [0.25, 0.3) is 0 Å². The Balaban J connectivity index is 1.81. The van der Waals surface area contributed by atoms with E-state index in [1.54, 1.807) is 36.2 Å². The third kappa shape index (κ3) is 5.54. The van der Waals surface area contributed by atoms with Crippen molar-refractivity contribution in [3.05, 3.63) is 51.2 Å². The van der Waals surface area contributed by atoms with Crippen molar-refractivity contribution in [1.82, 2.24) is 4.90 Å². The van der Waals surface area contributed by atoms with Crippen molar-refractivity contribution in [3.63, 3.8) is 0 Å². The minimum Gasteiger partial charge on any atom is -0.484 e. The van der Waals surface area contributed by atoms with E-state index in [1.165, 1.54) is 18.4 Å². The molecule has 7 heteroatoms. The Morgan fingerprint density at radius 3 is 2.46 bits per heavy atom. The van der Waals surface area contributed by atoms with Crippen LogP contribution < -0.4 is 4.74 Å². The molecule has 0 saturated heterocycles. The number of carbonyl (C=O) groups excluding carboxylic acids is 2. The monoisotopic (exact) mass is 367 g/mol. The van der Waals surface area contributed by atoms with E-state index in [0.29, 0.717) is 16.6 Å². The zero-order valence-electron chi connectivity index (χ0n) is 13.5. The fourth-order valence-corrected chi connectivity index (χ4v) is 3.10. The van der Waals surface area contributed by atoms with E-state index < -0.39 is 0 Å². The van der Waals surface area contributed by atoms with Gasteiger partial charge in [0.2, 0.25) is 0 Å². The van der Waals surface area contributed by atoms with Gasteiger partial charge in [0.25, 0.3) is 5.91 Å². The first-order chi connectivity index (χ1) is 11.5. The van der Waals surface area contributed by atoms with E-state index in [0.717, 1.165) is 10.4 Å². The third-order valence-corrected chi connectivity index (χ3v) is 4.53. The van der Waals surface area contributed by atoms with E-state index >= 15 is 0 Å². The standard InChI is InChI=1S/C17H18ClNO4S/c1-19(10-14-7-8-15(18)24-14)16(20)11-23-13-5-3-12(4-6-13)9-17(21)22-2/h3-8H,9-11H2,1-2H3. The molecule has 0 radical (unpaired) electrons. The fraction of sp³-hybridized carbons (Fsp3) is 0.294. The van der Waals surface area contributed by atoms with Crippen LogP contribution in [0.2, 0.25) is 4.34 Å². The Hall–Kier alpha value is -2.05. The number of likely N-dealkylation sites (N-methyl/N-ethyl adjacent to an activating group) is 1. The van der Waals surface area contributed by atoms with Crippen LogP contribution in [0.5, 0.6) is 5.75 Å². The normalized spacial score (nSPS) is 10.3. The van der Waals surface area contributed by atoms with Crippen LogP contribution in [0.1, 0.15) is 10.4 Å². The molecular formula is C17H18ClNO4S. The molecule has 0 bridgehead atoms. The lowest BCUT2D eigenvalue weighted by atomic mass is 10.1. The number of methoxy groups -OCH3 is 1. The lowest BCUT2D eigenvalue weighted by Crippen LogP contribution is -2.30. The van der Waals surface area contributed by atoms with Crippen LogP contribution in [0.3, 0.4) is 0 Å². The van der Waals surface area contributed by atoms with Gasteiger partial charge in [0.15, 0.2) is 6.61 Å². The number of benzene rings is 1. The average molecular weight is 368 g/mol. The summed E-state index contributed by atoms with van der Waals surface area (Å²) < 4.78 is 10.8. The molecule has 0 saturated carbocycles. The van der Waals surface area contributed by atoms with E-state index in [2.05, 4.69) is 4.74 Å². The van der Waals surface area contributed by atoms with E-state index in [1.807, 2.05) is 12.1 Å². The lowest BCUT2D eigenvalue weighted by molar-refractivity contribution is -0.139. The molecule has 0 aliphatic rings. The van der Waals surface area contributed by atoms with Gasteiger partial charge in [0.05, 0.1) is 24.4 Å². The molecule has 5 nitrogen and oxygen atoms in total. The van der Waals surface area contributed by atoms with Gasteiger partial charge in [-0.2, -0.15) is 0 Å².